The minimum atomic E-state index is -0.217. The molecule has 1 N–H and O–H groups in total. The first-order valence-corrected chi connectivity index (χ1v) is 10.2. The number of carbonyl (C=O) groups excluding carboxylic acids is 1. The predicted molar refractivity (Wildman–Crippen MR) is 112 cm³/mol. The second-order valence-electron chi connectivity index (χ2n) is 7.70. The van der Waals surface area contributed by atoms with Crippen LogP contribution in [-0.4, -0.2) is 38.7 Å². The van der Waals surface area contributed by atoms with Gasteiger partial charge in [0, 0.05) is 25.4 Å². The van der Waals surface area contributed by atoms with Crippen LogP contribution in [-0.2, 0) is 11.2 Å². The summed E-state index contributed by atoms with van der Waals surface area (Å²) in [6.45, 7) is 3.42. The van der Waals surface area contributed by atoms with Crippen LogP contribution in [0.25, 0.3) is 5.69 Å². The number of nitrogens with one attached hydrogen (secondary N) is 1. The number of piperidine rings is 1. The average Bonchev–Trinajstić information content (AvgIpc) is 3.15. The molecule has 1 amide bonds. The van der Waals surface area contributed by atoms with Gasteiger partial charge in [0.15, 0.2) is 0 Å². The van der Waals surface area contributed by atoms with Crippen molar-refractivity contribution in [2.45, 2.75) is 38.5 Å². The predicted octanol–water partition coefficient (Wildman–Crippen LogP) is 3.21. The van der Waals surface area contributed by atoms with Crippen molar-refractivity contribution in [3.63, 3.8) is 0 Å². The number of benzene rings is 2. The smallest absolute Gasteiger partial charge is 0.343 e. The summed E-state index contributed by atoms with van der Waals surface area (Å²) >= 11 is 0. The molecule has 4 rings (SSSR count). The molecule has 0 saturated carbocycles. The van der Waals surface area contributed by atoms with Crippen LogP contribution in [0.5, 0.6) is 0 Å². The number of aromatic amines is 1. The Kier molecular flexibility index (Phi) is 5.60. The maximum absolute atomic E-state index is 12.6. The summed E-state index contributed by atoms with van der Waals surface area (Å²) in [5, 5.41) is 6.90. The van der Waals surface area contributed by atoms with Crippen molar-refractivity contribution in [3.05, 3.63) is 82.0 Å². The van der Waals surface area contributed by atoms with Gasteiger partial charge in [-0.2, -0.15) is 5.10 Å². The molecule has 2 heterocycles. The molecule has 0 bridgehead atoms. The molecule has 0 unspecified atom stereocenters. The molecule has 1 fully saturated rings. The van der Waals surface area contributed by atoms with E-state index in [4.69, 9.17) is 0 Å². The maximum atomic E-state index is 12.6. The van der Waals surface area contributed by atoms with E-state index in [1.807, 2.05) is 54.3 Å². The summed E-state index contributed by atoms with van der Waals surface area (Å²) in [4.78, 5) is 26.9. The Balaban J connectivity index is 1.39. The Hall–Kier alpha value is -3.15. The number of hydrogen-bond donors (Lipinski definition) is 1. The van der Waals surface area contributed by atoms with Crippen LogP contribution in [0, 0.1) is 6.92 Å². The third kappa shape index (κ3) is 4.31. The molecular formula is C23H26N4O2. The summed E-state index contributed by atoms with van der Waals surface area (Å²) in [5.41, 5.74) is 2.94. The highest BCUT2D eigenvalue weighted by atomic mass is 16.2. The molecule has 150 valence electrons. The summed E-state index contributed by atoms with van der Waals surface area (Å²) in [6, 6.07) is 18.0. The largest absolute Gasteiger partial charge is 0.347 e. The minimum absolute atomic E-state index is 0.161. The van der Waals surface area contributed by atoms with E-state index in [0.29, 0.717) is 19.5 Å². The number of rotatable bonds is 5. The summed E-state index contributed by atoms with van der Waals surface area (Å²) in [6.07, 6.45) is 2.93. The highest BCUT2D eigenvalue weighted by Crippen LogP contribution is 2.27. The van der Waals surface area contributed by atoms with E-state index < -0.39 is 0 Å². The zero-order valence-electron chi connectivity index (χ0n) is 16.7. The Morgan fingerprint density at radius 1 is 1.07 bits per heavy atom. The zero-order valence-corrected chi connectivity index (χ0v) is 16.7. The lowest BCUT2D eigenvalue weighted by Crippen LogP contribution is -2.38. The highest BCUT2D eigenvalue weighted by molar-refractivity contribution is 5.76. The lowest BCUT2D eigenvalue weighted by atomic mass is 9.95. The van der Waals surface area contributed by atoms with Crippen molar-refractivity contribution in [2.24, 2.45) is 0 Å². The fourth-order valence-electron chi connectivity index (χ4n) is 3.97. The molecule has 0 spiro atoms. The molecule has 0 aliphatic carbocycles. The van der Waals surface area contributed by atoms with Crippen LogP contribution in [0.3, 0.4) is 0 Å². The van der Waals surface area contributed by atoms with Gasteiger partial charge in [-0.15, -0.1) is 0 Å². The van der Waals surface area contributed by atoms with E-state index in [9.17, 15) is 9.59 Å². The molecule has 1 aliphatic heterocycles. The first-order valence-electron chi connectivity index (χ1n) is 10.2. The third-order valence-corrected chi connectivity index (χ3v) is 5.67. The van der Waals surface area contributed by atoms with Crippen LogP contribution in [0.4, 0.5) is 0 Å². The molecule has 2 aromatic carbocycles. The molecule has 6 heteroatoms. The van der Waals surface area contributed by atoms with Crippen molar-refractivity contribution in [1.82, 2.24) is 19.7 Å². The number of aryl methyl sites for hydroxylation is 2. The van der Waals surface area contributed by atoms with Gasteiger partial charge in [0.05, 0.1) is 5.69 Å². The van der Waals surface area contributed by atoms with Gasteiger partial charge in [0.2, 0.25) is 5.91 Å². The first-order chi connectivity index (χ1) is 14.1. The van der Waals surface area contributed by atoms with Crippen molar-refractivity contribution in [2.75, 3.05) is 13.1 Å². The van der Waals surface area contributed by atoms with Gasteiger partial charge in [-0.25, -0.2) is 14.5 Å². The SMILES string of the molecule is Cc1ccc(-n2c(C3CCN(C(=O)CCc4ccccc4)CC3)n[nH]c2=O)cc1. The number of H-pyrrole nitrogens is 1. The van der Waals surface area contributed by atoms with Crippen LogP contribution < -0.4 is 5.69 Å². The zero-order chi connectivity index (χ0) is 20.2. The number of aromatic nitrogens is 3. The third-order valence-electron chi connectivity index (χ3n) is 5.67. The highest BCUT2D eigenvalue weighted by Gasteiger charge is 2.27. The molecule has 1 aliphatic rings. The lowest BCUT2D eigenvalue weighted by molar-refractivity contribution is -0.132. The van der Waals surface area contributed by atoms with Crippen LogP contribution in [0.2, 0.25) is 0 Å². The minimum Gasteiger partial charge on any atom is -0.343 e. The molecule has 0 radical (unpaired) electrons. The van der Waals surface area contributed by atoms with E-state index in [1.54, 1.807) is 4.57 Å². The fourth-order valence-corrected chi connectivity index (χ4v) is 3.97. The number of hydrogen-bond acceptors (Lipinski definition) is 3. The van der Waals surface area contributed by atoms with Gasteiger partial charge >= 0.3 is 5.69 Å². The van der Waals surface area contributed by atoms with Gasteiger partial charge in [-0.3, -0.25) is 4.79 Å². The van der Waals surface area contributed by atoms with Gasteiger partial charge in [0.25, 0.3) is 0 Å². The van der Waals surface area contributed by atoms with Gasteiger partial charge in [-0.1, -0.05) is 48.0 Å². The Morgan fingerprint density at radius 3 is 2.45 bits per heavy atom. The van der Waals surface area contributed by atoms with Crippen molar-refractivity contribution < 1.29 is 4.79 Å². The molecule has 3 aromatic rings. The monoisotopic (exact) mass is 390 g/mol. The molecule has 29 heavy (non-hydrogen) atoms. The molecule has 6 nitrogen and oxygen atoms in total. The lowest BCUT2D eigenvalue weighted by Gasteiger charge is -2.31. The number of amides is 1. The summed E-state index contributed by atoms with van der Waals surface area (Å²) < 4.78 is 1.66. The van der Waals surface area contributed by atoms with E-state index in [-0.39, 0.29) is 17.5 Å². The quantitative estimate of drug-likeness (QED) is 0.727. The number of likely N-dealkylation sites (tertiary alicyclic amines) is 1. The number of carbonyl (C=O) groups is 1. The van der Waals surface area contributed by atoms with E-state index in [1.165, 1.54) is 5.56 Å². The summed E-state index contributed by atoms with van der Waals surface area (Å²) in [7, 11) is 0. The molecule has 0 atom stereocenters. The van der Waals surface area contributed by atoms with Gasteiger partial charge in [-0.05, 0) is 43.9 Å². The Bertz CT molecular complexity index is 1010. The standard InChI is InChI=1S/C23H26N4O2/c1-17-7-10-20(11-8-17)27-22(24-25-23(27)29)19-13-15-26(16-14-19)21(28)12-9-18-5-3-2-4-6-18/h2-8,10-11,19H,9,12-16H2,1H3,(H,25,29). The topological polar surface area (TPSA) is 71.0 Å². The van der Waals surface area contributed by atoms with E-state index in [2.05, 4.69) is 22.3 Å². The van der Waals surface area contributed by atoms with Crippen LogP contribution in [0.15, 0.2) is 59.4 Å². The number of nitrogens with zero attached hydrogens (tertiary/aromatic N) is 3. The molecular weight excluding hydrogens is 364 g/mol. The van der Waals surface area contributed by atoms with Crippen molar-refractivity contribution >= 4 is 5.91 Å². The van der Waals surface area contributed by atoms with Crippen molar-refractivity contribution in [1.29, 1.82) is 0 Å². The van der Waals surface area contributed by atoms with Crippen molar-refractivity contribution in [3.8, 4) is 5.69 Å². The van der Waals surface area contributed by atoms with E-state index in [0.717, 1.165) is 36.3 Å². The first kappa shape index (κ1) is 19.2. The fraction of sp³-hybridized carbons (Fsp3) is 0.348. The second kappa shape index (κ2) is 8.47. The molecule has 1 aromatic heterocycles. The Morgan fingerprint density at radius 2 is 1.76 bits per heavy atom. The second-order valence-corrected chi connectivity index (χ2v) is 7.70. The average molecular weight is 390 g/mol. The van der Waals surface area contributed by atoms with Crippen LogP contribution in [0.1, 0.15) is 42.1 Å². The molecule has 1 saturated heterocycles. The van der Waals surface area contributed by atoms with Gasteiger partial charge in [0.1, 0.15) is 5.82 Å². The van der Waals surface area contributed by atoms with Gasteiger partial charge < -0.3 is 4.90 Å². The Labute approximate surface area is 170 Å². The normalized spacial score (nSPS) is 14.9. The maximum Gasteiger partial charge on any atom is 0.347 e. The van der Waals surface area contributed by atoms with Crippen LogP contribution >= 0.6 is 0 Å². The summed E-state index contributed by atoms with van der Waals surface area (Å²) in [5.74, 6) is 1.12. The van der Waals surface area contributed by atoms with E-state index >= 15 is 0 Å².